The van der Waals surface area contributed by atoms with Crippen molar-refractivity contribution >= 4 is 0 Å². The van der Waals surface area contributed by atoms with E-state index >= 15 is 0 Å². The van der Waals surface area contributed by atoms with E-state index < -0.39 is 0 Å². The largest absolute Gasteiger partial charge is 0.497 e. The maximum Gasteiger partial charge on any atom is 0.118 e. The lowest BCUT2D eigenvalue weighted by molar-refractivity contribution is -0.0303. The van der Waals surface area contributed by atoms with Crippen LogP contribution in [0.4, 0.5) is 0 Å². The summed E-state index contributed by atoms with van der Waals surface area (Å²) in [5.74, 6) is 1.52. The molecule has 0 saturated carbocycles. The van der Waals surface area contributed by atoms with E-state index in [4.69, 9.17) is 14.6 Å². The topological polar surface area (TPSA) is 51.5 Å². The van der Waals surface area contributed by atoms with Gasteiger partial charge in [-0.3, -0.25) is 4.90 Å². The van der Waals surface area contributed by atoms with Gasteiger partial charge in [-0.1, -0.05) is 32.0 Å². The molecule has 1 N–H and O–H groups in total. The van der Waals surface area contributed by atoms with Gasteiger partial charge >= 0.3 is 0 Å². The molecule has 0 aliphatic carbocycles. The fourth-order valence-electron chi connectivity index (χ4n) is 4.20. The van der Waals surface area contributed by atoms with Crippen molar-refractivity contribution in [2.45, 2.75) is 26.5 Å². The van der Waals surface area contributed by atoms with Gasteiger partial charge in [0.25, 0.3) is 0 Å². The number of nitrogens with zero attached hydrogens (tertiary/aromatic N) is 3. The van der Waals surface area contributed by atoms with Crippen LogP contribution in [0.1, 0.15) is 19.4 Å². The van der Waals surface area contributed by atoms with Crippen LogP contribution in [0.25, 0.3) is 16.9 Å². The SMILES string of the molecule is COc1ccc(-c2nn(-c3ccccc3)cc2CNCC2CN(CC(C)C)CCO2)cc1. The summed E-state index contributed by atoms with van der Waals surface area (Å²) in [5, 5.41) is 8.53. The van der Waals surface area contributed by atoms with Crippen molar-refractivity contribution in [3.63, 3.8) is 0 Å². The Bertz CT molecular complexity index is 969. The van der Waals surface area contributed by atoms with Gasteiger partial charge in [-0.2, -0.15) is 5.10 Å². The van der Waals surface area contributed by atoms with Gasteiger partial charge in [0.05, 0.1) is 31.2 Å². The number of methoxy groups -OCH3 is 1. The Morgan fingerprint density at radius 2 is 1.91 bits per heavy atom. The summed E-state index contributed by atoms with van der Waals surface area (Å²) >= 11 is 0. The average molecular weight is 435 g/mol. The first-order valence-electron chi connectivity index (χ1n) is 11.5. The summed E-state index contributed by atoms with van der Waals surface area (Å²) in [6.07, 6.45) is 2.34. The first kappa shape index (κ1) is 22.5. The summed E-state index contributed by atoms with van der Waals surface area (Å²) < 4.78 is 13.3. The highest BCUT2D eigenvalue weighted by Gasteiger charge is 2.21. The van der Waals surface area contributed by atoms with E-state index in [1.165, 1.54) is 0 Å². The van der Waals surface area contributed by atoms with Gasteiger partial charge in [0, 0.05) is 50.0 Å². The van der Waals surface area contributed by atoms with Crippen molar-refractivity contribution in [3.05, 3.63) is 66.4 Å². The second-order valence-corrected chi connectivity index (χ2v) is 8.79. The number of nitrogens with one attached hydrogen (secondary N) is 1. The van der Waals surface area contributed by atoms with E-state index in [1.54, 1.807) is 7.11 Å². The van der Waals surface area contributed by atoms with Gasteiger partial charge < -0.3 is 14.8 Å². The highest BCUT2D eigenvalue weighted by molar-refractivity contribution is 5.64. The van der Waals surface area contributed by atoms with E-state index in [0.29, 0.717) is 5.92 Å². The van der Waals surface area contributed by atoms with Crippen molar-refractivity contribution < 1.29 is 9.47 Å². The van der Waals surface area contributed by atoms with Crippen molar-refractivity contribution in [2.75, 3.05) is 39.9 Å². The minimum atomic E-state index is 0.219. The van der Waals surface area contributed by atoms with Gasteiger partial charge in [-0.15, -0.1) is 0 Å². The highest BCUT2D eigenvalue weighted by Crippen LogP contribution is 2.26. The van der Waals surface area contributed by atoms with Crippen LogP contribution in [0.3, 0.4) is 0 Å². The molecule has 2 aromatic carbocycles. The second-order valence-electron chi connectivity index (χ2n) is 8.79. The molecule has 0 spiro atoms. The lowest BCUT2D eigenvalue weighted by atomic mass is 10.1. The molecule has 0 amide bonds. The maximum atomic E-state index is 6.00. The van der Waals surface area contributed by atoms with Gasteiger partial charge in [0.15, 0.2) is 0 Å². The zero-order valence-electron chi connectivity index (χ0n) is 19.3. The number of hydrogen-bond donors (Lipinski definition) is 1. The van der Waals surface area contributed by atoms with Crippen molar-refractivity contribution in [2.24, 2.45) is 5.92 Å². The lowest BCUT2D eigenvalue weighted by Crippen LogP contribution is -2.47. The van der Waals surface area contributed by atoms with Crippen LogP contribution in [-0.4, -0.2) is 60.7 Å². The Morgan fingerprint density at radius 3 is 2.62 bits per heavy atom. The molecule has 4 rings (SSSR count). The number of hydrogen-bond acceptors (Lipinski definition) is 5. The lowest BCUT2D eigenvalue weighted by Gasteiger charge is -2.34. The summed E-state index contributed by atoms with van der Waals surface area (Å²) in [4.78, 5) is 2.51. The normalized spacial score (nSPS) is 17.1. The predicted octanol–water partition coefficient (Wildman–Crippen LogP) is 3.99. The number of benzene rings is 2. The zero-order chi connectivity index (χ0) is 22.3. The smallest absolute Gasteiger partial charge is 0.118 e. The Hall–Kier alpha value is -2.67. The van der Waals surface area contributed by atoms with Crippen LogP contribution in [0, 0.1) is 5.92 Å². The molecule has 0 radical (unpaired) electrons. The summed E-state index contributed by atoms with van der Waals surface area (Å²) in [5.41, 5.74) is 4.27. The van der Waals surface area contributed by atoms with Gasteiger partial charge in [0.2, 0.25) is 0 Å². The molecule has 32 heavy (non-hydrogen) atoms. The molecule has 1 aromatic heterocycles. The molecular weight excluding hydrogens is 400 g/mol. The average Bonchev–Trinajstić information content (AvgIpc) is 3.24. The van der Waals surface area contributed by atoms with Crippen molar-refractivity contribution in [1.29, 1.82) is 0 Å². The third-order valence-electron chi connectivity index (χ3n) is 5.71. The highest BCUT2D eigenvalue weighted by atomic mass is 16.5. The number of para-hydroxylation sites is 1. The fourth-order valence-corrected chi connectivity index (χ4v) is 4.20. The van der Waals surface area contributed by atoms with Crippen molar-refractivity contribution in [3.8, 4) is 22.7 Å². The molecule has 1 aliphatic heterocycles. The Balaban J connectivity index is 1.47. The third-order valence-corrected chi connectivity index (χ3v) is 5.71. The molecule has 3 aromatic rings. The number of morpholine rings is 1. The molecule has 6 nitrogen and oxygen atoms in total. The Kier molecular flexibility index (Phi) is 7.58. The number of ether oxygens (including phenoxy) is 2. The molecular formula is C26H34N4O2. The molecule has 6 heteroatoms. The van der Waals surface area contributed by atoms with E-state index in [-0.39, 0.29) is 6.10 Å². The van der Waals surface area contributed by atoms with Crippen LogP contribution in [-0.2, 0) is 11.3 Å². The van der Waals surface area contributed by atoms with E-state index in [1.807, 2.05) is 35.0 Å². The standard InChI is InChI=1S/C26H34N4O2/c1-20(2)17-29-13-14-32-25(19-29)16-27-15-22-18-30(23-7-5-4-6-8-23)28-26(22)21-9-11-24(31-3)12-10-21/h4-12,18,20,25,27H,13-17,19H2,1-3H3. The van der Waals surface area contributed by atoms with Crippen molar-refractivity contribution in [1.82, 2.24) is 20.0 Å². The first-order chi connectivity index (χ1) is 15.6. The Labute approximate surface area is 191 Å². The monoisotopic (exact) mass is 434 g/mol. The molecule has 1 atom stereocenters. The van der Waals surface area contributed by atoms with E-state index in [0.717, 1.165) is 67.6 Å². The maximum absolute atomic E-state index is 6.00. The summed E-state index contributed by atoms with van der Waals surface area (Å²) in [6, 6.07) is 18.3. The van der Waals surface area contributed by atoms with Crippen LogP contribution < -0.4 is 10.1 Å². The summed E-state index contributed by atoms with van der Waals surface area (Å²) in [6.45, 7) is 10.1. The molecule has 170 valence electrons. The van der Waals surface area contributed by atoms with Gasteiger partial charge in [-0.05, 0) is 42.3 Å². The number of aromatic nitrogens is 2. The second kappa shape index (κ2) is 10.8. The van der Waals surface area contributed by atoms with E-state index in [9.17, 15) is 0 Å². The molecule has 0 bridgehead atoms. The molecule has 1 saturated heterocycles. The fraction of sp³-hybridized carbons (Fsp3) is 0.423. The summed E-state index contributed by atoms with van der Waals surface area (Å²) in [7, 11) is 1.68. The first-order valence-corrected chi connectivity index (χ1v) is 11.5. The van der Waals surface area contributed by atoms with Crippen LogP contribution in [0.15, 0.2) is 60.8 Å². The zero-order valence-corrected chi connectivity index (χ0v) is 19.3. The minimum absolute atomic E-state index is 0.219. The molecule has 1 fully saturated rings. The molecule has 1 aliphatic rings. The molecule has 1 unspecified atom stereocenters. The van der Waals surface area contributed by atoms with Crippen LogP contribution in [0.5, 0.6) is 5.75 Å². The van der Waals surface area contributed by atoms with Gasteiger partial charge in [0.1, 0.15) is 5.75 Å². The minimum Gasteiger partial charge on any atom is -0.497 e. The van der Waals surface area contributed by atoms with Crippen LogP contribution >= 0.6 is 0 Å². The van der Waals surface area contributed by atoms with Gasteiger partial charge in [-0.25, -0.2) is 4.68 Å². The molecule has 2 heterocycles. The van der Waals surface area contributed by atoms with Crippen LogP contribution in [0.2, 0.25) is 0 Å². The van der Waals surface area contributed by atoms with E-state index in [2.05, 4.69) is 54.5 Å². The number of rotatable bonds is 9. The predicted molar refractivity (Wildman–Crippen MR) is 128 cm³/mol. The Morgan fingerprint density at radius 1 is 1.12 bits per heavy atom. The third kappa shape index (κ3) is 5.76. The quantitative estimate of drug-likeness (QED) is 0.552.